The zero-order valence-electron chi connectivity index (χ0n) is 15.5. The molecule has 0 radical (unpaired) electrons. The van der Waals surface area contributed by atoms with Gasteiger partial charge in [-0.2, -0.15) is 0 Å². The lowest BCUT2D eigenvalue weighted by atomic mass is 9.46. The summed E-state index contributed by atoms with van der Waals surface area (Å²) in [6, 6.07) is 0. The van der Waals surface area contributed by atoms with E-state index in [1.807, 2.05) is 0 Å². The highest BCUT2D eigenvalue weighted by Gasteiger charge is 2.61. The van der Waals surface area contributed by atoms with Crippen molar-refractivity contribution in [3.63, 3.8) is 0 Å². The van der Waals surface area contributed by atoms with Crippen LogP contribution in [0.1, 0.15) is 58.8 Å². The van der Waals surface area contributed by atoms with Crippen LogP contribution in [0, 0.1) is 40.4 Å². The van der Waals surface area contributed by atoms with E-state index in [2.05, 4.69) is 13.8 Å². The van der Waals surface area contributed by atoms with Gasteiger partial charge in [0.1, 0.15) is 5.92 Å². The van der Waals surface area contributed by atoms with Crippen LogP contribution in [0.4, 0.5) is 0 Å². The van der Waals surface area contributed by atoms with Crippen molar-refractivity contribution in [2.24, 2.45) is 40.4 Å². The highest BCUT2D eigenvalue weighted by Crippen LogP contribution is 2.66. The van der Waals surface area contributed by atoms with Gasteiger partial charge in [-0.05, 0) is 79.6 Å². The summed E-state index contributed by atoms with van der Waals surface area (Å²) in [6.07, 6.45) is 7.44. The maximum absolute atomic E-state index is 12.2. The smallest absolute Gasteiger partial charge is 0.314 e. The second kappa shape index (κ2) is 5.67. The van der Waals surface area contributed by atoms with Gasteiger partial charge in [-0.3, -0.25) is 14.4 Å². The Balaban J connectivity index is 1.68. The lowest BCUT2D eigenvalue weighted by molar-refractivity contribution is -0.152. The monoisotopic (exact) mass is 360 g/mol. The standard InChI is InChI=1S/C21H28O5/c1-20-8-7-15-12(14(20)5-6-16(20)19(25)26)4-3-11-9-17(22)13(18(23)24)10-21(11,15)2/h9,12-16H,3-8,10H2,1-2H3,(H,23,24)(H,25,26)/t12-,13?,14-,15+,16?,20-,21-/m0/s1. The molecule has 26 heavy (non-hydrogen) atoms. The minimum absolute atomic E-state index is 0.138. The van der Waals surface area contributed by atoms with Crippen molar-refractivity contribution in [3.05, 3.63) is 11.6 Å². The summed E-state index contributed by atoms with van der Waals surface area (Å²) in [7, 11) is 0. The Hall–Kier alpha value is -1.65. The molecule has 0 bridgehead atoms. The lowest BCUT2D eigenvalue weighted by Gasteiger charge is -2.58. The lowest BCUT2D eigenvalue weighted by Crippen LogP contribution is -2.52. The quantitative estimate of drug-likeness (QED) is 0.735. The van der Waals surface area contributed by atoms with E-state index < -0.39 is 17.9 Å². The highest BCUT2D eigenvalue weighted by atomic mass is 16.4. The van der Waals surface area contributed by atoms with Gasteiger partial charge in [0.2, 0.25) is 0 Å². The second-order valence-corrected chi connectivity index (χ2v) is 9.51. The first-order valence-corrected chi connectivity index (χ1v) is 9.89. The van der Waals surface area contributed by atoms with Crippen molar-refractivity contribution in [2.75, 3.05) is 0 Å². The van der Waals surface area contributed by atoms with Crippen LogP contribution < -0.4 is 0 Å². The number of ketones is 1. The maximum atomic E-state index is 12.2. The van der Waals surface area contributed by atoms with E-state index in [1.54, 1.807) is 6.08 Å². The number of hydrogen-bond acceptors (Lipinski definition) is 3. The number of carboxylic acids is 2. The zero-order chi connectivity index (χ0) is 18.9. The minimum atomic E-state index is -1.01. The van der Waals surface area contributed by atoms with E-state index >= 15 is 0 Å². The molecule has 2 N–H and O–H groups in total. The summed E-state index contributed by atoms with van der Waals surface area (Å²) >= 11 is 0. The van der Waals surface area contributed by atoms with Crippen molar-refractivity contribution < 1.29 is 24.6 Å². The molecule has 0 heterocycles. The molecule has 142 valence electrons. The minimum Gasteiger partial charge on any atom is -0.481 e. The maximum Gasteiger partial charge on any atom is 0.314 e. The molecule has 0 aromatic heterocycles. The Morgan fingerprint density at radius 3 is 2.42 bits per heavy atom. The normalized spacial score (nSPS) is 47.4. The third-order valence-electron chi connectivity index (χ3n) is 8.62. The van der Waals surface area contributed by atoms with Crippen molar-refractivity contribution in [3.8, 4) is 0 Å². The molecular formula is C21H28O5. The summed E-state index contributed by atoms with van der Waals surface area (Å²) in [4.78, 5) is 35.6. The predicted molar refractivity (Wildman–Crippen MR) is 94.3 cm³/mol. The first-order chi connectivity index (χ1) is 12.2. The van der Waals surface area contributed by atoms with Gasteiger partial charge in [0.25, 0.3) is 0 Å². The Kier molecular flexibility index (Phi) is 3.87. The van der Waals surface area contributed by atoms with E-state index in [9.17, 15) is 24.6 Å². The Bertz CT molecular complexity index is 709. The Labute approximate surface area is 153 Å². The van der Waals surface area contributed by atoms with Gasteiger partial charge >= 0.3 is 11.9 Å². The molecule has 0 saturated heterocycles. The molecule has 0 aliphatic heterocycles. The molecule has 3 fully saturated rings. The summed E-state index contributed by atoms with van der Waals surface area (Å²) in [5, 5.41) is 19.1. The van der Waals surface area contributed by atoms with Crippen LogP contribution in [0.25, 0.3) is 0 Å². The van der Waals surface area contributed by atoms with E-state index in [4.69, 9.17) is 0 Å². The highest BCUT2D eigenvalue weighted by molar-refractivity contribution is 6.05. The number of fused-ring (bicyclic) bond motifs is 5. The molecule has 0 spiro atoms. The molecule has 3 saturated carbocycles. The van der Waals surface area contributed by atoms with Crippen LogP contribution in [0.2, 0.25) is 0 Å². The zero-order valence-corrected chi connectivity index (χ0v) is 15.5. The number of rotatable bonds is 2. The van der Waals surface area contributed by atoms with Gasteiger partial charge in [-0.25, -0.2) is 0 Å². The van der Waals surface area contributed by atoms with E-state index in [0.717, 1.165) is 44.1 Å². The summed E-state index contributed by atoms with van der Waals surface area (Å²) < 4.78 is 0. The molecule has 4 rings (SSSR count). The van der Waals surface area contributed by atoms with Crippen LogP contribution in [0.3, 0.4) is 0 Å². The Morgan fingerprint density at radius 1 is 1.04 bits per heavy atom. The number of carbonyl (C=O) groups is 3. The molecule has 2 unspecified atom stereocenters. The molecule has 0 aromatic carbocycles. The van der Waals surface area contributed by atoms with Crippen LogP contribution in [0.15, 0.2) is 11.6 Å². The van der Waals surface area contributed by atoms with Crippen molar-refractivity contribution in [1.82, 2.24) is 0 Å². The number of allylic oxidation sites excluding steroid dienone is 1. The summed E-state index contributed by atoms with van der Waals surface area (Å²) in [5.41, 5.74) is 0.765. The van der Waals surface area contributed by atoms with E-state index in [1.165, 1.54) is 0 Å². The summed E-state index contributed by atoms with van der Waals surface area (Å²) in [6.45, 7) is 4.32. The van der Waals surface area contributed by atoms with E-state index in [0.29, 0.717) is 24.2 Å². The molecule has 4 aliphatic carbocycles. The van der Waals surface area contributed by atoms with Gasteiger partial charge in [-0.15, -0.1) is 0 Å². The van der Waals surface area contributed by atoms with Gasteiger partial charge in [-0.1, -0.05) is 19.4 Å². The predicted octanol–water partition coefficient (Wildman–Crippen LogP) is 3.53. The Morgan fingerprint density at radius 2 is 1.77 bits per heavy atom. The fraction of sp³-hybridized carbons (Fsp3) is 0.762. The van der Waals surface area contributed by atoms with Gasteiger partial charge in [0.05, 0.1) is 5.92 Å². The van der Waals surface area contributed by atoms with Crippen LogP contribution in [-0.2, 0) is 14.4 Å². The fourth-order valence-corrected chi connectivity index (χ4v) is 7.26. The van der Waals surface area contributed by atoms with Crippen molar-refractivity contribution in [1.29, 1.82) is 0 Å². The van der Waals surface area contributed by atoms with Crippen LogP contribution in [0.5, 0.6) is 0 Å². The molecular weight excluding hydrogens is 332 g/mol. The summed E-state index contributed by atoms with van der Waals surface area (Å²) in [5.74, 6) is -1.89. The third kappa shape index (κ3) is 2.25. The number of aliphatic carboxylic acids is 2. The van der Waals surface area contributed by atoms with E-state index in [-0.39, 0.29) is 22.5 Å². The molecule has 5 heteroatoms. The van der Waals surface area contributed by atoms with Crippen molar-refractivity contribution in [2.45, 2.75) is 58.8 Å². The topological polar surface area (TPSA) is 91.7 Å². The first-order valence-electron chi connectivity index (χ1n) is 9.89. The molecule has 4 aliphatic rings. The van der Waals surface area contributed by atoms with Crippen molar-refractivity contribution >= 4 is 17.7 Å². The number of hydrogen-bond donors (Lipinski definition) is 2. The number of carbonyl (C=O) groups excluding carboxylic acids is 1. The molecule has 7 atom stereocenters. The van der Waals surface area contributed by atoms with Crippen LogP contribution in [-0.4, -0.2) is 27.9 Å². The average molecular weight is 360 g/mol. The fourth-order valence-electron chi connectivity index (χ4n) is 7.26. The molecule has 0 amide bonds. The third-order valence-corrected chi connectivity index (χ3v) is 8.62. The first kappa shape index (κ1) is 17.7. The second-order valence-electron chi connectivity index (χ2n) is 9.51. The SMILES string of the molecule is C[C@]12CC(C(=O)O)C(=O)C=C1CC[C@@H]1[C@H]2CC[C@]2(C)C(C(=O)O)CC[C@@H]12. The number of carboxylic acid groups (broad SMARTS) is 2. The average Bonchev–Trinajstić information content (AvgIpc) is 2.92. The largest absolute Gasteiger partial charge is 0.481 e. The molecule has 5 nitrogen and oxygen atoms in total. The van der Waals surface area contributed by atoms with Crippen LogP contribution >= 0.6 is 0 Å². The van der Waals surface area contributed by atoms with Gasteiger partial charge < -0.3 is 10.2 Å². The van der Waals surface area contributed by atoms with Gasteiger partial charge in [0.15, 0.2) is 5.78 Å². The molecule has 0 aromatic rings. The van der Waals surface area contributed by atoms with Gasteiger partial charge in [0, 0.05) is 0 Å².